The van der Waals surface area contributed by atoms with Gasteiger partial charge in [-0.05, 0) is 25.0 Å². The highest BCUT2D eigenvalue weighted by molar-refractivity contribution is 7.99. The first kappa shape index (κ1) is 12.3. The van der Waals surface area contributed by atoms with Gasteiger partial charge in [0.1, 0.15) is 5.52 Å². The van der Waals surface area contributed by atoms with Crippen LogP contribution in [0.1, 0.15) is 19.3 Å². The quantitative estimate of drug-likeness (QED) is 0.646. The number of thioether (sulfide) groups is 1. The lowest BCUT2D eigenvalue weighted by atomic mass is 10.3. The Labute approximate surface area is 114 Å². The van der Waals surface area contributed by atoms with Gasteiger partial charge in [-0.25, -0.2) is 4.98 Å². The molecule has 0 atom stereocenters. The number of rotatable bonds is 5. The summed E-state index contributed by atoms with van der Waals surface area (Å²) in [7, 11) is 0. The first-order valence-electron chi connectivity index (χ1n) is 6.29. The average molecular weight is 277 g/mol. The minimum absolute atomic E-state index is 0.107. The molecule has 6 heteroatoms. The van der Waals surface area contributed by atoms with E-state index in [0.29, 0.717) is 34.7 Å². The van der Waals surface area contributed by atoms with Crippen molar-refractivity contribution in [1.29, 1.82) is 0 Å². The van der Waals surface area contributed by atoms with Crippen molar-refractivity contribution in [2.24, 2.45) is 0 Å². The molecule has 3 N–H and O–H groups in total. The number of oxazole rings is 1. The van der Waals surface area contributed by atoms with Gasteiger partial charge >= 0.3 is 0 Å². The van der Waals surface area contributed by atoms with E-state index in [1.165, 1.54) is 11.8 Å². The summed E-state index contributed by atoms with van der Waals surface area (Å²) < 4.78 is 5.56. The summed E-state index contributed by atoms with van der Waals surface area (Å²) in [5, 5.41) is 3.54. The largest absolute Gasteiger partial charge is 0.431 e. The van der Waals surface area contributed by atoms with Crippen molar-refractivity contribution in [3.63, 3.8) is 0 Å². The third-order valence-electron chi connectivity index (χ3n) is 2.89. The van der Waals surface area contributed by atoms with Gasteiger partial charge < -0.3 is 15.5 Å². The number of nitrogens with one attached hydrogen (secondary N) is 1. The highest BCUT2D eigenvalue weighted by atomic mass is 32.2. The molecule has 0 saturated heterocycles. The number of hydrogen-bond acceptors (Lipinski definition) is 5. The van der Waals surface area contributed by atoms with Gasteiger partial charge in [0.05, 0.1) is 0 Å². The predicted molar refractivity (Wildman–Crippen MR) is 74.9 cm³/mol. The van der Waals surface area contributed by atoms with Gasteiger partial charge in [-0.15, -0.1) is 0 Å². The summed E-state index contributed by atoms with van der Waals surface area (Å²) in [6, 6.07) is 5.80. The van der Waals surface area contributed by atoms with Crippen LogP contribution in [0.2, 0.25) is 0 Å². The monoisotopic (exact) mass is 277 g/mol. The number of aromatic nitrogens is 1. The molecule has 0 unspecified atom stereocenters. The highest BCUT2D eigenvalue weighted by Gasteiger charge is 2.22. The second-order valence-corrected chi connectivity index (χ2v) is 5.69. The standard InChI is InChI=1S/C13H15N3O2S/c14-8-1-4-10-11(7-8)18-13(16-10)19-6-5-12(17)15-9-2-3-9/h1,4,7,9H,2-3,5-6,14H2,(H,15,17). The number of carbonyl (C=O) groups excluding carboxylic acids is 1. The molecule has 3 rings (SSSR count). The van der Waals surface area contributed by atoms with Crippen LogP contribution in [0.4, 0.5) is 5.69 Å². The fourth-order valence-corrected chi connectivity index (χ4v) is 2.51. The lowest BCUT2D eigenvalue weighted by Gasteiger charge is -2.00. The molecule has 1 aromatic heterocycles. The van der Waals surface area contributed by atoms with Crippen LogP contribution in [0.15, 0.2) is 27.8 Å². The highest BCUT2D eigenvalue weighted by Crippen LogP contribution is 2.25. The third kappa shape index (κ3) is 3.20. The molecule has 1 aliphatic rings. The maximum Gasteiger partial charge on any atom is 0.256 e. The fraction of sp³-hybridized carbons (Fsp3) is 0.385. The van der Waals surface area contributed by atoms with Gasteiger partial charge in [0.25, 0.3) is 5.22 Å². The maximum atomic E-state index is 11.5. The molecular formula is C13H15N3O2S. The van der Waals surface area contributed by atoms with Crippen molar-refractivity contribution in [3.05, 3.63) is 18.2 Å². The minimum Gasteiger partial charge on any atom is -0.431 e. The van der Waals surface area contributed by atoms with Crippen molar-refractivity contribution >= 4 is 34.5 Å². The predicted octanol–water partition coefficient (Wildman–Crippen LogP) is 2.17. The van der Waals surface area contributed by atoms with Gasteiger partial charge in [-0.1, -0.05) is 11.8 Å². The number of hydrogen-bond donors (Lipinski definition) is 2. The normalized spacial score (nSPS) is 14.7. The number of nitrogen functional groups attached to an aromatic ring is 1. The molecule has 1 fully saturated rings. The van der Waals surface area contributed by atoms with Crippen LogP contribution in [0.25, 0.3) is 11.1 Å². The molecule has 1 amide bonds. The van der Waals surface area contributed by atoms with Crippen LogP contribution in [-0.4, -0.2) is 22.7 Å². The SMILES string of the molecule is Nc1ccc2nc(SCCC(=O)NC3CC3)oc2c1. The lowest BCUT2D eigenvalue weighted by molar-refractivity contribution is -0.120. The first-order chi connectivity index (χ1) is 9.20. The second kappa shape index (κ2) is 5.13. The third-order valence-corrected chi connectivity index (χ3v) is 3.72. The van der Waals surface area contributed by atoms with Gasteiger partial charge in [-0.3, -0.25) is 4.79 Å². The number of carbonyl (C=O) groups is 1. The molecular weight excluding hydrogens is 262 g/mol. The van der Waals surface area contributed by atoms with Crippen LogP contribution in [0.3, 0.4) is 0 Å². The Balaban J connectivity index is 1.54. The zero-order valence-electron chi connectivity index (χ0n) is 10.4. The van der Waals surface area contributed by atoms with Crippen molar-refractivity contribution in [3.8, 4) is 0 Å². The summed E-state index contributed by atoms with van der Waals surface area (Å²) in [5.74, 6) is 0.774. The molecule has 0 bridgehead atoms. The molecule has 1 aromatic carbocycles. The lowest BCUT2D eigenvalue weighted by Crippen LogP contribution is -2.25. The summed E-state index contributed by atoms with van der Waals surface area (Å²) in [6.45, 7) is 0. The van der Waals surface area contributed by atoms with Gasteiger partial charge in [0.2, 0.25) is 5.91 Å². The van der Waals surface area contributed by atoms with Crippen LogP contribution in [-0.2, 0) is 4.79 Å². The van der Waals surface area contributed by atoms with Crippen LogP contribution >= 0.6 is 11.8 Å². The summed E-state index contributed by atoms with van der Waals surface area (Å²) in [4.78, 5) is 15.8. The van der Waals surface area contributed by atoms with E-state index in [0.717, 1.165) is 18.4 Å². The molecule has 0 aliphatic heterocycles. The van der Waals surface area contributed by atoms with Crippen molar-refractivity contribution < 1.29 is 9.21 Å². The van der Waals surface area contributed by atoms with E-state index >= 15 is 0 Å². The van der Waals surface area contributed by atoms with Crippen molar-refractivity contribution in [2.75, 3.05) is 11.5 Å². The summed E-state index contributed by atoms with van der Waals surface area (Å²) in [6.07, 6.45) is 2.72. The number of benzene rings is 1. The van der Waals surface area contributed by atoms with Crippen LogP contribution in [0.5, 0.6) is 0 Å². The van der Waals surface area contributed by atoms with E-state index in [1.807, 2.05) is 6.07 Å². The Bertz CT molecular complexity index is 607. The molecule has 0 radical (unpaired) electrons. The number of nitrogens with two attached hydrogens (primary N) is 1. The van der Waals surface area contributed by atoms with Crippen LogP contribution in [0, 0.1) is 0 Å². The second-order valence-electron chi connectivity index (χ2n) is 4.65. The van der Waals surface area contributed by atoms with Crippen LogP contribution < -0.4 is 11.1 Å². The topological polar surface area (TPSA) is 81.1 Å². The molecule has 2 aromatic rings. The van der Waals surface area contributed by atoms with E-state index in [9.17, 15) is 4.79 Å². The Hall–Kier alpha value is -1.69. The summed E-state index contributed by atoms with van der Waals surface area (Å²) >= 11 is 1.45. The fourth-order valence-electron chi connectivity index (χ4n) is 1.74. The molecule has 1 saturated carbocycles. The smallest absolute Gasteiger partial charge is 0.256 e. The van der Waals surface area contributed by atoms with E-state index in [-0.39, 0.29) is 5.91 Å². The maximum absolute atomic E-state index is 11.5. The Kier molecular flexibility index (Phi) is 3.33. The molecule has 1 aliphatic carbocycles. The number of anilines is 1. The Morgan fingerprint density at radius 3 is 3.16 bits per heavy atom. The minimum atomic E-state index is 0.107. The molecule has 100 valence electrons. The number of nitrogens with zero attached hydrogens (tertiary/aromatic N) is 1. The first-order valence-corrected chi connectivity index (χ1v) is 7.27. The van der Waals surface area contributed by atoms with E-state index in [4.69, 9.17) is 10.2 Å². The van der Waals surface area contributed by atoms with Crippen molar-refractivity contribution in [1.82, 2.24) is 10.3 Å². The molecule has 19 heavy (non-hydrogen) atoms. The zero-order valence-corrected chi connectivity index (χ0v) is 11.2. The van der Waals surface area contributed by atoms with E-state index < -0.39 is 0 Å². The van der Waals surface area contributed by atoms with Crippen molar-refractivity contribution in [2.45, 2.75) is 30.5 Å². The molecule has 5 nitrogen and oxygen atoms in total. The van der Waals surface area contributed by atoms with Gasteiger partial charge in [0, 0.05) is 30.0 Å². The Morgan fingerprint density at radius 1 is 1.53 bits per heavy atom. The number of fused-ring (bicyclic) bond motifs is 1. The molecule has 0 spiro atoms. The summed E-state index contributed by atoms with van der Waals surface area (Å²) in [5.41, 5.74) is 7.81. The van der Waals surface area contributed by atoms with E-state index in [1.54, 1.807) is 12.1 Å². The van der Waals surface area contributed by atoms with E-state index in [2.05, 4.69) is 10.3 Å². The zero-order chi connectivity index (χ0) is 13.2. The van der Waals surface area contributed by atoms with Gasteiger partial charge in [-0.2, -0.15) is 0 Å². The van der Waals surface area contributed by atoms with Gasteiger partial charge in [0.15, 0.2) is 5.58 Å². The number of amides is 1. The molecule has 1 heterocycles. The Morgan fingerprint density at radius 2 is 2.37 bits per heavy atom. The average Bonchev–Trinajstić information content (AvgIpc) is 3.07.